The number of aliphatic hydroxyl groups is 1. The molecule has 15 heavy (non-hydrogen) atoms. The number of rotatable bonds is 2. The third-order valence-electron chi connectivity index (χ3n) is 2.38. The van der Waals surface area contributed by atoms with Crippen LogP contribution in [0, 0.1) is 0 Å². The van der Waals surface area contributed by atoms with Crippen molar-refractivity contribution in [2.45, 2.75) is 12.5 Å². The van der Waals surface area contributed by atoms with E-state index in [1.807, 2.05) is 4.90 Å². The van der Waals surface area contributed by atoms with Gasteiger partial charge in [-0.1, -0.05) is 12.2 Å². The number of nitrogens with zero attached hydrogens (tertiary/aromatic N) is 3. The van der Waals surface area contributed by atoms with Gasteiger partial charge in [0, 0.05) is 25.5 Å². The Morgan fingerprint density at radius 1 is 1.53 bits per heavy atom. The van der Waals surface area contributed by atoms with Gasteiger partial charge in [-0.2, -0.15) is 0 Å². The smallest absolute Gasteiger partial charge is 0.157 e. The molecule has 0 aliphatic carbocycles. The molecule has 1 aliphatic rings. The highest BCUT2D eigenvalue weighted by atomic mass is 32.1. The molecular weight excluding hydrogens is 212 g/mol. The van der Waals surface area contributed by atoms with E-state index in [4.69, 9.17) is 18.0 Å². The van der Waals surface area contributed by atoms with Crippen molar-refractivity contribution in [2.75, 3.05) is 18.0 Å². The minimum atomic E-state index is -0.300. The molecule has 2 heterocycles. The number of aliphatic hydroxyl groups excluding tert-OH is 1. The molecule has 0 bridgehead atoms. The van der Waals surface area contributed by atoms with Gasteiger partial charge >= 0.3 is 0 Å². The predicted octanol–water partition coefficient (Wildman–Crippen LogP) is -0.318. The van der Waals surface area contributed by atoms with Crippen molar-refractivity contribution in [3.63, 3.8) is 0 Å². The van der Waals surface area contributed by atoms with E-state index in [-0.39, 0.29) is 11.1 Å². The maximum atomic E-state index is 9.44. The van der Waals surface area contributed by atoms with E-state index in [1.165, 1.54) is 0 Å². The van der Waals surface area contributed by atoms with Crippen LogP contribution in [0.4, 0.5) is 5.82 Å². The van der Waals surface area contributed by atoms with Crippen molar-refractivity contribution in [3.8, 4) is 0 Å². The fourth-order valence-corrected chi connectivity index (χ4v) is 1.81. The van der Waals surface area contributed by atoms with Crippen LogP contribution in [0.25, 0.3) is 0 Å². The highest BCUT2D eigenvalue weighted by molar-refractivity contribution is 7.80. The van der Waals surface area contributed by atoms with Crippen molar-refractivity contribution in [3.05, 3.63) is 18.1 Å². The molecule has 80 valence electrons. The minimum Gasteiger partial charge on any atom is -0.391 e. The lowest BCUT2D eigenvalue weighted by Gasteiger charge is -2.18. The summed E-state index contributed by atoms with van der Waals surface area (Å²) < 4.78 is 0. The molecule has 0 radical (unpaired) electrons. The number of anilines is 1. The first-order valence-electron chi connectivity index (χ1n) is 4.72. The van der Waals surface area contributed by atoms with E-state index in [2.05, 4.69) is 9.97 Å². The Bertz CT molecular complexity index is 384. The Balaban J connectivity index is 2.31. The monoisotopic (exact) mass is 224 g/mol. The van der Waals surface area contributed by atoms with E-state index in [0.717, 1.165) is 13.0 Å². The number of β-amino-alcohol motifs (C(OH)–C–C–N with tert-alkyl or cyclic N) is 1. The van der Waals surface area contributed by atoms with Crippen molar-refractivity contribution in [1.82, 2.24) is 9.97 Å². The molecular formula is C9H12N4OS. The van der Waals surface area contributed by atoms with Crippen LogP contribution < -0.4 is 10.6 Å². The van der Waals surface area contributed by atoms with E-state index >= 15 is 0 Å². The van der Waals surface area contributed by atoms with Crippen LogP contribution in [0.1, 0.15) is 12.1 Å². The van der Waals surface area contributed by atoms with E-state index < -0.39 is 0 Å². The Morgan fingerprint density at radius 2 is 2.27 bits per heavy atom. The molecule has 1 aromatic rings. The largest absolute Gasteiger partial charge is 0.391 e. The van der Waals surface area contributed by atoms with Gasteiger partial charge in [0.1, 0.15) is 10.7 Å². The highest BCUT2D eigenvalue weighted by Gasteiger charge is 2.24. The molecule has 0 spiro atoms. The molecule has 1 fully saturated rings. The predicted molar refractivity (Wildman–Crippen MR) is 60.8 cm³/mol. The van der Waals surface area contributed by atoms with Gasteiger partial charge in [-0.15, -0.1) is 0 Å². The number of hydrogen-bond acceptors (Lipinski definition) is 5. The topological polar surface area (TPSA) is 75.3 Å². The maximum Gasteiger partial charge on any atom is 0.157 e. The van der Waals surface area contributed by atoms with Gasteiger partial charge in [0.05, 0.1) is 6.10 Å². The minimum absolute atomic E-state index is 0.236. The summed E-state index contributed by atoms with van der Waals surface area (Å²) in [6.07, 6.45) is 3.60. The SMILES string of the molecule is NC(=S)c1nccnc1N1CCC(O)C1. The zero-order valence-corrected chi connectivity index (χ0v) is 8.94. The Morgan fingerprint density at radius 3 is 2.87 bits per heavy atom. The third kappa shape index (κ3) is 2.05. The first-order valence-corrected chi connectivity index (χ1v) is 5.13. The second kappa shape index (κ2) is 4.08. The fraction of sp³-hybridized carbons (Fsp3) is 0.444. The van der Waals surface area contributed by atoms with Crippen molar-refractivity contribution in [2.24, 2.45) is 5.73 Å². The number of nitrogens with two attached hydrogens (primary N) is 1. The third-order valence-corrected chi connectivity index (χ3v) is 2.57. The zero-order valence-electron chi connectivity index (χ0n) is 8.13. The summed E-state index contributed by atoms with van der Waals surface area (Å²) in [4.78, 5) is 10.5. The normalized spacial score (nSPS) is 20.6. The summed E-state index contributed by atoms with van der Waals surface area (Å²) in [5, 5.41) is 9.44. The summed E-state index contributed by atoms with van der Waals surface area (Å²) in [6.45, 7) is 1.32. The lowest BCUT2D eigenvalue weighted by Crippen LogP contribution is -2.26. The molecule has 0 aromatic carbocycles. The first kappa shape index (κ1) is 10.3. The van der Waals surface area contributed by atoms with Crippen LogP contribution >= 0.6 is 12.2 Å². The quantitative estimate of drug-likeness (QED) is 0.671. The molecule has 3 N–H and O–H groups in total. The summed E-state index contributed by atoms with van der Waals surface area (Å²) in [5.74, 6) is 0.668. The Kier molecular flexibility index (Phi) is 2.79. The average Bonchev–Trinajstić information content (AvgIpc) is 2.65. The number of hydrogen-bond donors (Lipinski definition) is 2. The van der Waals surface area contributed by atoms with Gasteiger partial charge in [0.15, 0.2) is 5.82 Å². The molecule has 1 aromatic heterocycles. The van der Waals surface area contributed by atoms with Gasteiger partial charge in [-0.3, -0.25) is 0 Å². The van der Waals surface area contributed by atoms with E-state index in [9.17, 15) is 5.11 Å². The average molecular weight is 224 g/mol. The van der Waals surface area contributed by atoms with Gasteiger partial charge in [0.25, 0.3) is 0 Å². The van der Waals surface area contributed by atoms with Crippen molar-refractivity contribution < 1.29 is 5.11 Å². The molecule has 1 unspecified atom stereocenters. The molecule has 5 nitrogen and oxygen atoms in total. The van der Waals surface area contributed by atoms with Gasteiger partial charge < -0.3 is 15.7 Å². The molecule has 2 rings (SSSR count). The van der Waals surface area contributed by atoms with Gasteiger partial charge in [0.2, 0.25) is 0 Å². The second-order valence-electron chi connectivity index (χ2n) is 3.48. The van der Waals surface area contributed by atoms with Crippen molar-refractivity contribution in [1.29, 1.82) is 0 Å². The van der Waals surface area contributed by atoms with E-state index in [0.29, 0.717) is 18.1 Å². The lowest BCUT2D eigenvalue weighted by molar-refractivity contribution is 0.198. The standard InChI is InChI=1S/C9H12N4OS/c10-8(15)7-9(12-3-2-11-7)13-4-1-6(14)5-13/h2-3,6,14H,1,4-5H2,(H2,10,15). The summed E-state index contributed by atoms with van der Waals surface area (Å²) in [6, 6.07) is 0. The lowest BCUT2D eigenvalue weighted by atomic mass is 10.3. The molecule has 0 amide bonds. The maximum absolute atomic E-state index is 9.44. The number of thiocarbonyl (C=S) groups is 1. The molecule has 1 saturated heterocycles. The van der Waals surface area contributed by atoms with Crippen LogP contribution in [0.5, 0.6) is 0 Å². The van der Waals surface area contributed by atoms with Crippen LogP contribution in [0.3, 0.4) is 0 Å². The number of aromatic nitrogens is 2. The zero-order chi connectivity index (χ0) is 10.8. The summed E-state index contributed by atoms with van der Waals surface area (Å²) in [7, 11) is 0. The van der Waals surface area contributed by atoms with Crippen molar-refractivity contribution >= 4 is 23.0 Å². The van der Waals surface area contributed by atoms with E-state index in [1.54, 1.807) is 12.4 Å². The van der Waals surface area contributed by atoms with Gasteiger partial charge in [-0.25, -0.2) is 9.97 Å². The summed E-state index contributed by atoms with van der Waals surface area (Å²) >= 11 is 4.90. The van der Waals surface area contributed by atoms with Gasteiger partial charge in [-0.05, 0) is 6.42 Å². The highest BCUT2D eigenvalue weighted by Crippen LogP contribution is 2.20. The van der Waals surface area contributed by atoms with Crippen LogP contribution in [0.2, 0.25) is 0 Å². The second-order valence-corrected chi connectivity index (χ2v) is 3.92. The van der Waals surface area contributed by atoms with Crippen LogP contribution in [0.15, 0.2) is 12.4 Å². The Hall–Kier alpha value is -1.27. The van der Waals surface area contributed by atoms with Crippen LogP contribution in [-0.2, 0) is 0 Å². The molecule has 1 atom stereocenters. The Labute approximate surface area is 92.9 Å². The summed E-state index contributed by atoms with van der Waals surface area (Å²) in [5.41, 5.74) is 6.09. The fourth-order valence-electron chi connectivity index (χ4n) is 1.67. The van der Waals surface area contributed by atoms with Crippen LogP contribution in [-0.4, -0.2) is 39.3 Å². The molecule has 0 saturated carbocycles. The first-order chi connectivity index (χ1) is 7.18. The molecule has 6 heteroatoms. The molecule has 1 aliphatic heterocycles.